The fourth-order valence-electron chi connectivity index (χ4n) is 1.38. The van der Waals surface area contributed by atoms with Crippen LogP contribution in [0.5, 0.6) is 0 Å². The van der Waals surface area contributed by atoms with Crippen molar-refractivity contribution in [3.05, 3.63) is 41.5 Å². The predicted molar refractivity (Wildman–Crippen MR) is 77.2 cm³/mol. The van der Waals surface area contributed by atoms with Crippen LogP contribution < -0.4 is 0 Å². The van der Waals surface area contributed by atoms with Crippen LogP contribution in [-0.2, 0) is 0 Å². The molecule has 2 heteroatoms. The van der Waals surface area contributed by atoms with Crippen molar-refractivity contribution in [3.63, 3.8) is 0 Å². The van der Waals surface area contributed by atoms with Crippen LogP contribution in [0, 0.1) is 11.5 Å². The van der Waals surface area contributed by atoms with Crippen molar-refractivity contribution < 1.29 is 5.11 Å². The van der Waals surface area contributed by atoms with Gasteiger partial charge in [0.25, 0.3) is 0 Å². The molecule has 0 bridgehead atoms. The van der Waals surface area contributed by atoms with E-state index in [2.05, 4.69) is 31.1 Å². The highest BCUT2D eigenvalue weighted by molar-refractivity contribution is 6.83. The van der Waals surface area contributed by atoms with Gasteiger partial charge < -0.3 is 5.11 Å². The molecule has 0 radical (unpaired) electrons. The van der Waals surface area contributed by atoms with E-state index in [1.807, 2.05) is 37.3 Å². The molecule has 0 spiro atoms. The van der Waals surface area contributed by atoms with Gasteiger partial charge in [0.2, 0.25) is 0 Å². The average molecular weight is 244 g/mol. The monoisotopic (exact) mass is 244 g/mol. The molecule has 1 N–H and O–H groups in total. The van der Waals surface area contributed by atoms with Crippen LogP contribution in [0.1, 0.15) is 12.5 Å². The van der Waals surface area contributed by atoms with Crippen molar-refractivity contribution in [1.29, 1.82) is 0 Å². The van der Waals surface area contributed by atoms with Gasteiger partial charge in [0, 0.05) is 5.57 Å². The minimum atomic E-state index is -1.39. The first-order chi connectivity index (χ1) is 7.94. The third-order valence-corrected chi connectivity index (χ3v) is 3.28. The molecule has 17 heavy (non-hydrogen) atoms. The molecule has 0 aliphatic heterocycles. The molecule has 0 aromatic heterocycles. The first-order valence-electron chi connectivity index (χ1n) is 5.83. The molecule has 0 fully saturated rings. The third kappa shape index (κ3) is 4.60. The van der Waals surface area contributed by atoms with E-state index in [1.54, 1.807) is 0 Å². The Hall–Kier alpha value is -1.30. The summed E-state index contributed by atoms with van der Waals surface area (Å²) in [4.78, 5) is 0. The van der Waals surface area contributed by atoms with Gasteiger partial charge in [0.1, 0.15) is 8.07 Å². The first kappa shape index (κ1) is 13.8. The molecular weight excluding hydrogens is 224 g/mol. The van der Waals surface area contributed by atoms with Crippen LogP contribution in [0.4, 0.5) is 0 Å². The Morgan fingerprint density at radius 3 is 2.24 bits per heavy atom. The summed E-state index contributed by atoms with van der Waals surface area (Å²) in [5.74, 6) is 3.15. The molecule has 1 aromatic rings. The molecule has 0 aliphatic carbocycles. The summed E-state index contributed by atoms with van der Waals surface area (Å²) < 4.78 is 0. The minimum Gasteiger partial charge on any atom is -0.391 e. The quantitative estimate of drug-likeness (QED) is 0.625. The van der Waals surface area contributed by atoms with Crippen molar-refractivity contribution >= 4 is 13.6 Å². The summed E-state index contributed by atoms with van der Waals surface area (Å²) in [6.45, 7) is 8.63. The third-order valence-electron chi connectivity index (χ3n) is 2.41. The Kier molecular flexibility index (Phi) is 4.74. The number of hydrogen-bond donors (Lipinski definition) is 1. The summed E-state index contributed by atoms with van der Waals surface area (Å²) in [5, 5.41) is 9.41. The summed E-state index contributed by atoms with van der Waals surface area (Å²) in [5.41, 5.74) is 6.32. The van der Waals surface area contributed by atoms with E-state index >= 15 is 0 Å². The zero-order valence-corrected chi connectivity index (χ0v) is 12.0. The molecule has 90 valence electrons. The lowest BCUT2D eigenvalue weighted by Crippen LogP contribution is -2.16. The van der Waals surface area contributed by atoms with Crippen molar-refractivity contribution in [2.45, 2.75) is 26.6 Å². The van der Waals surface area contributed by atoms with Crippen LogP contribution in [0.3, 0.4) is 0 Å². The summed E-state index contributed by atoms with van der Waals surface area (Å²) in [7, 11) is -1.39. The van der Waals surface area contributed by atoms with Gasteiger partial charge in [-0.2, -0.15) is 0 Å². The van der Waals surface area contributed by atoms with Crippen molar-refractivity contribution in [1.82, 2.24) is 0 Å². The highest BCUT2D eigenvalue weighted by atomic mass is 28.3. The fourth-order valence-corrected chi connectivity index (χ4v) is 1.90. The number of aliphatic hydroxyl groups excluding tert-OH is 1. The number of allylic oxidation sites excluding steroid dienone is 1. The van der Waals surface area contributed by atoms with Crippen LogP contribution in [0.15, 0.2) is 35.9 Å². The van der Waals surface area contributed by atoms with Gasteiger partial charge in [0.15, 0.2) is 0 Å². The highest BCUT2D eigenvalue weighted by Gasteiger charge is 2.08. The van der Waals surface area contributed by atoms with E-state index < -0.39 is 8.07 Å². The largest absolute Gasteiger partial charge is 0.391 e. The molecule has 0 saturated carbocycles. The summed E-state index contributed by atoms with van der Waals surface area (Å²) in [6.07, 6.45) is 0. The van der Waals surface area contributed by atoms with Crippen molar-refractivity contribution in [2.24, 2.45) is 0 Å². The van der Waals surface area contributed by atoms with Gasteiger partial charge >= 0.3 is 0 Å². The van der Waals surface area contributed by atoms with Crippen LogP contribution in [0.25, 0.3) is 5.57 Å². The molecule has 0 unspecified atom stereocenters. The molecule has 1 aromatic carbocycles. The summed E-state index contributed by atoms with van der Waals surface area (Å²) >= 11 is 0. The van der Waals surface area contributed by atoms with Gasteiger partial charge in [0.05, 0.1) is 6.61 Å². The topological polar surface area (TPSA) is 20.2 Å². The van der Waals surface area contributed by atoms with E-state index in [0.717, 1.165) is 16.7 Å². The SMILES string of the molecule is C/C(=C(/C#C[Si](C)(C)C)CO)c1ccccc1. The smallest absolute Gasteiger partial charge is 0.129 e. The van der Waals surface area contributed by atoms with Crippen molar-refractivity contribution in [2.75, 3.05) is 6.61 Å². The Morgan fingerprint density at radius 2 is 1.76 bits per heavy atom. The maximum Gasteiger partial charge on any atom is 0.129 e. The molecule has 1 rings (SSSR count). The lowest BCUT2D eigenvalue weighted by molar-refractivity contribution is 0.336. The second-order valence-electron chi connectivity index (χ2n) is 5.13. The highest BCUT2D eigenvalue weighted by Crippen LogP contribution is 2.17. The standard InChI is InChI=1S/C15H20OSi/c1-13(14-8-6-5-7-9-14)15(12-16)10-11-17(2,3)4/h5-9,16H,12H2,1-4H3/b15-13+. The number of benzene rings is 1. The van der Waals surface area contributed by atoms with Gasteiger partial charge in [-0.3, -0.25) is 0 Å². The lowest BCUT2D eigenvalue weighted by Gasteiger charge is -2.07. The Morgan fingerprint density at radius 1 is 1.18 bits per heavy atom. The lowest BCUT2D eigenvalue weighted by atomic mass is 10.0. The van der Waals surface area contributed by atoms with Gasteiger partial charge in [-0.1, -0.05) is 55.9 Å². The van der Waals surface area contributed by atoms with Gasteiger partial charge in [-0.15, -0.1) is 5.54 Å². The van der Waals surface area contributed by atoms with Gasteiger partial charge in [-0.05, 0) is 18.1 Å². The predicted octanol–water partition coefficient (Wildman–Crippen LogP) is 3.33. The van der Waals surface area contributed by atoms with E-state index in [-0.39, 0.29) is 6.61 Å². The van der Waals surface area contributed by atoms with Crippen molar-refractivity contribution in [3.8, 4) is 11.5 Å². The maximum atomic E-state index is 9.41. The zero-order valence-electron chi connectivity index (χ0n) is 11.0. The van der Waals surface area contributed by atoms with E-state index in [1.165, 1.54) is 0 Å². The molecule has 0 atom stereocenters. The number of hydrogen-bond acceptors (Lipinski definition) is 1. The normalized spacial score (nSPS) is 12.5. The second-order valence-corrected chi connectivity index (χ2v) is 9.88. The van der Waals surface area contributed by atoms with Crippen LogP contribution >= 0.6 is 0 Å². The minimum absolute atomic E-state index is 0.0121. The van der Waals surface area contributed by atoms with E-state index in [0.29, 0.717) is 0 Å². The number of rotatable bonds is 2. The molecular formula is C15H20OSi. The average Bonchev–Trinajstić information content (AvgIpc) is 2.29. The first-order valence-corrected chi connectivity index (χ1v) is 9.33. The van der Waals surface area contributed by atoms with E-state index in [4.69, 9.17) is 0 Å². The maximum absolute atomic E-state index is 9.41. The number of aliphatic hydroxyl groups is 1. The van der Waals surface area contributed by atoms with Gasteiger partial charge in [-0.25, -0.2) is 0 Å². The van der Waals surface area contributed by atoms with Crippen LogP contribution in [-0.4, -0.2) is 19.8 Å². The summed E-state index contributed by atoms with van der Waals surface area (Å²) in [6, 6.07) is 10.1. The molecule has 0 saturated heterocycles. The molecule has 0 amide bonds. The Balaban J connectivity index is 3.11. The Bertz CT molecular complexity index is 455. The molecule has 0 aliphatic rings. The zero-order chi connectivity index (χ0) is 12.9. The van der Waals surface area contributed by atoms with Crippen LogP contribution in [0.2, 0.25) is 19.6 Å². The Labute approximate surface area is 105 Å². The molecule has 1 nitrogen and oxygen atoms in total. The fraction of sp³-hybridized carbons (Fsp3) is 0.333. The second kappa shape index (κ2) is 5.86. The van der Waals surface area contributed by atoms with E-state index in [9.17, 15) is 5.11 Å². The molecule has 0 heterocycles.